The highest BCUT2D eigenvalue weighted by atomic mass is 32.2. The molecule has 0 fully saturated rings. The van der Waals surface area contributed by atoms with Gasteiger partial charge in [-0.2, -0.15) is 0 Å². The van der Waals surface area contributed by atoms with E-state index in [1.165, 1.54) is 12.1 Å². The van der Waals surface area contributed by atoms with Gasteiger partial charge in [-0.1, -0.05) is 48.9 Å². The Labute approximate surface area is 161 Å². The van der Waals surface area contributed by atoms with E-state index in [4.69, 9.17) is 0 Å². The van der Waals surface area contributed by atoms with Crippen LogP contribution in [0.2, 0.25) is 0 Å². The molecule has 2 aromatic carbocycles. The molecular weight excluding hydrogens is 362 g/mol. The molecule has 2 aromatic rings. The van der Waals surface area contributed by atoms with Gasteiger partial charge in [-0.15, -0.1) is 0 Å². The summed E-state index contributed by atoms with van der Waals surface area (Å²) in [7, 11) is -3.27. The van der Waals surface area contributed by atoms with Crippen molar-refractivity contribution in [2.75, 3.05) is 19.3 Å². The Balaban J connectivity index is 2.07. The lowest BCUT2D eigenvalue weighted by Gasteiger charge is -2.25. The van der Waals surface area contributed by atoms with Crippen molar-refractivity contribution in [1.29, 1.82) is 0 Å². The first-order valence-electron chi connectivity index (χ1n) is 9.02. The smallest absolute Gasteiger partial charge is 0.227 e. The maximum atomic E-state index is 12.7. The van der Waals surface area contributed by atoms with Crippen LogP contribution in [-0.4, -0.2) is 43.7 Å². The number of aryl methyl sites for hydroxylation is 1. The minimum absolute atomic E-state index is 0.0347. The first kappa shape index (κ1) is 21.1. The minimum atomic E-state index is -3.27. The molecule has 0 aliphatic heterocycles. The predicted molar refractivity (Wildman–Crippen MR) is 106 cm³/mol. The Hall–Kier alpha value is -2.18. The fourth-order valence-corrected chi connectivity index (χ4v) is 3.46. The lowest BCUT2D eigenvalue weighted by Crippen LogP contribution is -2.36. The predicted octanol–water partition coefficient (Wildman–Crippen LogP) is 2.91. The van der Waals surface area contributed by atoms with Crippen molar-refractivity contribution < 1.29 is 18.3 Å². The summed E-state index contributed by atoms with van der Waals surface area (Å²) in [5, 5.41) is 10.5. The van der Waals surface area contributed by atoms with Crippen LogP contribution >= 0.6 is 0 Å². The van der Waals surface area contributed by atoms with Crippen LogP contribution in [0, 0.1) is 6.92 Å². The van der Waals surface area contributed by atoms with Crippen LogP contribution in [-0.2, 0) is 21.1 Å². The molecule has 0 aromatic heterocycles. The summed E-state index contributed by atoms with van der Waals surface area (Å²) in [5.74, 6) is -0.0347. The van der Waals surface area contributed by atoms with Crippen LogP contribution < -0.4 is 0 Å². The van der Waals surface area contributed by atoms with Gasteiger partial charge in [0.15, 0.2) is 9.84 Å². The molecule has 0 bridgehead atoms. The van der Waals surface area contributed by atoms with E-state index in [1.54, 1.807) is 17.0 Å². The minimum Gasteiger partial charge on any atom is -0.387 e. The van der Waals surface area contributed by atoms with Crippen LogP contribution in [0.5, 0.6) is 0 Å². The molecule has 1 unspecified atom stereocenters. The second-order valence-corrected chi connectivity index (χ2v) is 8.87. The van der Waals surface area contributed by atoms with E-state index in [1.807, 2.05) is 38.1 Å². The van der Waals surface area contributed by atoms with Crippen LogP contribution in [0.15, 0.2) is 53.4 Å². The molecule has 0 heterocycles. The molecule has 0 radical (unpaired) electrons. The van der Waals surface area contributed by atoms with Gasteiger partial charge < -0.3 is 10.0 Å². The number of hydrogen-bond acceptors (Lipinski definition) is 4. The van der Waals surface area contributed by atoms with E-state index in [-0.39, 0.29) is 17.3 Å². The number of hydrogen-bond donors (Lipinski definition) is 1. The van der Waals surface area contributed by atoms with E-state index in [0.29, 0.717) is 18.5 Å². The molecular formula is C21H27NO4S. The summed E-state index contributed by atoms with van der Waals surface area (Å²) in [5.41, 5.74) is 2.68. The fourth-order valence-electron chi connectivity index (χ4n) is 2.83. The zero-order valence-electron chi connectivity index (χ0n) is 16.1. The summed E-state index contributed by atoms with van der Waals surface area (Å²) < 4.78 is 23.1. The average Bonchev–Trinajstić information content (AvgIpc) is 2.62. The molecule has 2 rings (SSSR count). The first-order chi connectivity index (χ1) is 12.7. The van der Waals surface area contributed by atoms with Crippen molar-refractivity contribution in [3.63, 3.8) is 0 Å². The van der Waals surface area contributed by atoms with Gasteiger partial charge in [0.2, 0.25) is 5.91 Å². The monoisotopic (exact) mass is 389 g/mol. The highest BCUT2D eigenvalue weighted by Gasteiger charge is 2.19. The average molecular weight is 390 g/mol. The van der Waals surface area contributed by atoms with Crippen molar-refractivity contribution in [2.24, 2.45) is 0 Å². The molecule has 0 spiro atoms. The third kappa shape index (κ3) is 6.19. The standard InChI is InChI=1S/C21H27NO4S/c1-4-13-22(21(24)14-17-7-5-16(2)6-8-17)15-20(23)18-9-11-19(12-10-18)27(3,25)26/h5-12,20,23H,4,13-15H2,1-3H3. The number of nitrogens with zero attached hydrogens (tertiary/aromatic N) is 1. The molecule has 1 atom stereocenters. The summed E-state index contributed by atoms with van der Waals surface area (Å²) in [6.45, 7) is 4.72. The quantitative estimate of drug-likeness (QED) is 0.753. The van der Waals surface area contributed by atoms with Crippen LogP contribution in [0.1, 0.15) is 36.1 Å². The zero-order chi connectivity index (χ0) is 20.0. The Morgan fingerprint density at radius 2 is 1.67 bits per heavy atom. The van der Waals surface area contributed by atoms with Gasteiger partial charge >= 0.3 is 0 Å². The number of carbonyl (C=O) groups excluding carboxylic acids is 1. The molecule has 1 N–H and O–H groups in total. The van der Waals surface area contributed by atoms with Gasteiger partial charge in [0.05, 0.1) is 24.0 Å². The van der Waals surface area contributed by atoms with Crippen LogP contribution in [0.3, 0.4) is 0 Å². The highest BCUT2D eigenvalue weighted by molar-refractivity contribution is 7.90. The van der Waals surface area contributed by atoms with Gasteiger partial charge in [0, 0.05) is 12.8 Å². The van der Waals surface area contributed by atoms with Crippen molar-refractivity contribution in [1.82, 2.24) is 4.90 Å². The lowest BCUT2D eigenvalue weighted by atomic mass is 10.1. The molecule has 0 saturated heterocycles. The molecule has 1 amide bonds. The number of carbonyl (C=O) groups is 1. The van der Waals surface area contributed by atoms with E-state index < -0.39 is 15.9 Å². The number of amides is 1. The summed E-state index contributed by atoms with van der Waals surface area (Å²) in [6, 6.07) is 14.0. The zero-order valence-corrected chi connectivity index (χ0v) is 16.9. The van der Waals surface area contributed by atoms with Gasteiger partial charge in [-0.05, 0) is 36.6 Å². The number of sulfone groups is 1. The molecule has 27 heavy (non-hydrogen) atoms. The SMILES string of the molecule is CCCN(CC(O)c1ccc(S(C)(=O)=O)cc1)C(=O)Cc1ccc(C)cc1. The van der Waals surface area contributed by atoms with Gasteiger partial charge in [-0.25, -0.2) is 8.42 Å². The van der Waals surface area contributed by atoms with Crippen molar-refractivity contribution in [3.8, 4) is 0 Å². The highest BCUT2D eigenvalue weighted by Crippen LogP contribution is 2.18. The topological polar surface area (TPSA) is 74.7 Å². The summed E-state index contributed by atoms with van der Waals surface area (Å²) in [6.07, 6.45) is 1.36. The van der Waals surface area contributed by atoms with E-state index in [2.05, 4.69) is 0 Å². The summed E-state index contributed by atoms with van der Waals surface area (Å²) >= 11 is 0. The Morgan fingerprint density at radius 3 is 2.19 bits per heavy atom. The third-order valence-electron chi connectivity index (χ3n) is 4.41. The molecule has 0 saturated carbocycles. The second kappa shape index (κ2) is 9.15. The van der Waals surface area contributed by atoms with Crippen LogP contribution in [0.25, 0.3) is 0 Å². The molecule has 5 nitrogen and oxygen atoms in total. The third-order valence-corrected chi connectivity index (χ3v) is 5.54. The number of rotatable bonds is 8. The van der Waals surface area contributed by atoms with Gasteiger partial charge in [-0.3, -0.25) is 4.79 Å². The van der Waals surface area contributed by atoms with E-state index >= 15 is 0 Å². The van der Waals surface area contributed by atoms with Gasteiger partial charge in [0.1, 0.15) is 0 Å². The molecule has 0 aliphatic rings. The lowest BCUT2D eigenvalue weighted by molar-refractivity contribution is -0.132. The van der Waals surface area contributed by atoms with E-state index in [0.717, 1.165) is 23.8 Å². The second-order valence-electron chi connectivity index (χ2n) is 6.86. The van der Waals surface area contributed by atoms with E-state index in [9.17, 15) is 18.3 Å². The number of aliphatic hydroxyl groups is 1. The Morgan fingerprint density at radius 1 is 1.07 bits per heavy atom. The molecule has 146 valence electrons. The maximum absolute atomic E-state index is 12.7. The van der Waals surface area contributed by atoms with Crippen molar-refractivity contribution in [3.05, 3.63) is 65.2 Å². The van der Waals surface area contributed by atoms with Crippen LogP contribution in [0.4, 0.5) is 0 Å². The first-order valence-corrected chi connectivity index (χ1v) is 10.9. The normalized spacial score (nSPS) is 12.6. The van der Waals surface area contributed by atoms with Gasteiger partial charge in [0.25, 0.3) is 0 Å². The fraction of sp³-hybridized carbons (Fsp3) is 0.381. The molecule has 6 heteroatoms. The number of benzene rings is 2. The van der Waals surface area contributed by atoms with Crippen molar-refractivity contribution >= 4 is 15.7 Å². The largest absolute Gasteiger partial charge is 0.387 e. The Kier molecular flexibility index (Phi) is 7.16. The van der Waals surface area contributed by atoms with Crippen molar-refractivity contribution in [2.45, 2.75) is 37.7 Å². The Bertz CT molecular complexity index is 858. The number of aliphatic hydroxyl groups excluding tert-OH is 1. The molecule has 0 aliphatic carbocycles. The maximum Gasteiger partial charge on any atom is 0.227 e. The summed E-state index contributed by atoms with van der Waals surface area (Å²) in [4.78, 5) is 14.5.